The van der Waals surface area contributed by atoms with Crippen LogP contribution in [0.2, 0.25) is 0 Å². The molecule has 0 heterocycles. The van der Waals surface area contributed by atoms with Gasteiger partial charge in [0.05, 0.1) is 6.07 Å². The maximum atomic E-state index is 13.8. The molecule has 0 fully saturated rings. The van der Waals surface area contributed by atoms with Crippen LogP contribution in [0.25, 0.3) is 0 Å². The second kappa shape index (κ2) is 11.9. The molecular weight excluding hydrogens is 432 g/mol. The molecule has 2 N–H and O–H groups in total. The van der Waals surface area contributed by atoms with E-state index in [2.05, 4.69) is 10.6 Å². The minimum atomic E-state index is -1.04. The smallest absolute Gasteiger partial charge is 0.408 e. The number of nitrogens with one attached hydrogen (secondary N) is 2. The molecule has 8 nitrogen and oxygen atoms in total. The van der Waals surface area contributed by atoms with Crippen LogP contribution < -0.4 is 10.6 Å². The lowest BCUT2D eigenvalue weighted by atomic mass is 9.95. The zero-order valence-electron chi connectivity index (χ0n) is 22.0. The molecule has 3 atom stereocenters. The number of amides is 3. The highest BCUT2D eigenvalue weighted by Gasteiger charge is 2.38. The minimum absolute atomic E-state index is 0.259. The lowest BCUT2D eigenvalue weighted by Crippen LogP contribution is -2.56. The van der Waals surface area contributed by atoms with Crippen LogP contribution in [0.1, 0.15) is 79.0 Å². The monoisotopic (exact) mass is 472 g/mol. The quantitative estimate of drug-likeness (QED) is 0.550. The Bertz CT molecular complexity index is 891. The van der Waals surface area contributed by atoms with Gasteiger partial charge in [0.1, 0.15) is 24.2 Å². The third-order valence-electron chi connectivity index (χ3n) is 5.13. The summed E-state index contributed by atoms with van der Waals surface area (Å²) in [4.78, 5) is 41.0. The summed E-state index contributed by atoms with van der Waals surface area (Å²) in [6.07, 6.45) is -0.134. The zero-order valence-corrected chi connectivity index (χ0v) is 22.0. The molecule has 3 amide bonds. The summed E-state index contributed by atoms with van der Waals surface area (Å²) in [6.45, 7) is 16.1. The van der Waals surface area contributed by atoms with Crippen molar-refractivity contribution in [1.82, 2.24) is 15.5 Å². The Kier molecular flexibility index (Phi) is 10.1. The number of carbonyl (C=O) groups excluding carboxylic acids is 3. The first-order valence-electron chi connectivity index (χ1n) is 11.6. The number of hydrogen-bond acceptors (Lipinski definition) is 5. The summed E-state index contributed by atoms with van der Waals surface area (Å²) >= 11 is 0. The number of nitriles is 1. The molecule has 1 aromatic rings. The fraction of sp³-hybridized carbons (Fsp3) is 0.615. The molecule has 0 aliphatic carbocycles. The van der Waals surface area contributed by atoms with Crippen LogP contribution in [0.5, 0.6) is 0 Å². The van der Waals surface area contributed by atoms with Gasteiger partial charge in [-0.15, -0.1) is 0 Å². The minimum Gasteiger partial charge on any atom is -0.444 e. The average molecular weight is 473 g/mol. The van der Waals surface area contributed by atoms with E-state index in [0.717, 1.165) is 5.56 Å². The number of rotatable bonds is 8. The molecule has 34 heavy (non-hydrogen) atoms. The second-order valence-electron chi connectivity index (χ2n) is 10.7. The Hall–Kier alpha value is -3.08. The summed E-state index contributed by atoms with van der Waals surface area (Å²) in [7, 11) is 0. The molecule has 1 rings (SSSR count). The van der Waals surface area contributed by atoms with Gasteiger partial charge in [-0.2, -0.15) is 5.26 Å². The first-order valence-corrected chi connectivity index (χ1v) is 11.6. The van der Waals surface area contributed by atoms with Crippen molar-refractivity contribution in [2.24, 2.45) is 5.92 Å². The van der Waals surface area contributed by atoms with E-state index in [0.29, 0.717) is 12.0 Å². The van der Waals surface area contributed by atoms with Crippen molar-refractivity contribution in [2.45, 2.75) is 92.0 Å². The van der Waals surface area contributed by atoms with Crippen LogP contribution >= 0.6 is 0 Å². The molecule has 8 heteroatoms. The number of nitrogens with zero attached hydrogens (tertiary/aromatic N) is 2. The van der Waals surface area contributed by atoms with Gasteiger partial charge in [-0.1, -0.05) is 50.1 Å². The van der Waals surface area contributed by atoms with Crippen LogP contribution in [0.4, 0.5) is 4.79 Å². The van der Waals surface area contributed by atoms with Crippen LogP contribution in [-0.4, -0.2) is 46.5 Å². The molecule has 0 radical (unpaired) electrons. The molecule has 0 aromatic heterocycles. The maximum Gasteiger partial charge on any atom is 0.408 e. The fourth-order valence-electron chi connectivity index (χ4n) is 3.33. The SMILES string of the molecule is CCC(C)C(NC(=O)OC(C)(C)C)C(=O)N(CC#N)C(C(=O)NC(C)(C)C)c1ccc(C)cc1. The molecule has 0 saturated heterocycles. The second-order valence-corrected chi connectivity index (χ2v) is 10.7. The first kappa shape index (κ1) is 29.0. The summed E-state index contributed by atoms with van der Waals surface area (Å²) in [5.74, 6) is -1.18. The standard InChI is InChI=1S/C26H40N4O4/c1-10-18(3)20(28-24(33)34-26(7,8)9)23(32)30(16-15-27)21(22(31)29-25(4,5)6)19-13-11-17(2)12-14-19/h11-14,18,20-21H,10,16H2,1-9H3,(H,28,33)(H,29,31). The Morgan fingerprint density at radius 2 is 1.65 bits per heavy atom. The van der Waals surface area contributed by atoms with Gasteiger partial charge in [-0.25, -0.2) is 4.79 Å². The molecule has 188 valence electrons. The number of alkyl carbamates (subject to hydrolysis) is 1. The van der Waals surface area contributed by atoms with E-state index in [-0.39, 0.29) is 12.5 Å². The van der Waals surface area contributed by atoms with E-state index in [4.69, 9.17) is 4.74 Å². The third kappa shape index (κ3) is 9.05. The van der Waals surface area contributed by atoms with E-state index in [1.54, 1.807) is 32.9 Å². The van der Waals surface area contributed by atoms with Crippen molar-refractivity contribution in [2.75, 3.05) is 6.54 Å². The van der Waals surface area contributed by atoms with Gasteiger partial charge in [0.15, 0.2) is 0 Å². The summed E-state index contributed by atoms with van der Waals surface area (Å²) < 4.78 is 5.36. The highest BCUT2D eigenvalue weighted by atomic mass is 16.6. The molecule has 0 bridgehead atoms. The van der Waals surface area contributed by atoms with Crippen molar-refractivity contribution < 1.29 is 19.1 Å². The van der Waals surface area contributed by atoms with Gasteiger partial charge in [-0.05, 0) is 59.9 Å². The molecular formula is C26H40N4O4. The number of ether oxygens (including phenoxy) is 1. The third-order valence-corrected chi connectivity index (χ3v) is 5.13. The van der Waals surface area contributed by atoms with E-state index >= 15 is 0 Å². The lowest BCUT2D eigenvalue weighted by Gasteiger charge is -2.36. The van der Waals surface area contributed by atoms with Gasteiger partial charge in [-0.3, -0.25) is 9.59 Å². The van der Waals surface area contributed by atoms with Crippen molar-refractivity contribution in [1.29, 1.82) is 5.26 Å². The largest absolute Gasteiger partial charge is 0.444 e. The Labute approximate surface area is 204 Å². The van der Waals surface area contributed by atoms with E-state index in [1.807, 2.05) is 59.7 Å². The molecule has 0 aliphatic rings. The molecule has 0 aliphatic heterocycles. The normalized spacial score (nSPS) is 14.2. The van der Waals surface area contributed by atoms with E-state index in [9.17, 15) is 19.6 Å². The molecule has 0 saturated carbocycles. The number of aryl methyl sites for hydroxylation is 1. The predicted molar refractivity (Wildman–Crippen MR) is 132 cm³/mol. The van der Waals surface area contributed by atoms with Crippen molar-refractivity contribution in [3.05, 3.63) is 35.4 Å². The molecule has 0 spiro atoms. The van der Waals surface area contributed by atoms with Gasteiger partial charge < -0.3 is 20.3 Å². The van der Waals surface area contributed by atoms with E-state index in [1.165, 1.54) is 4.90 Å². The van der Waals surface area contributed by atoms with Crippen LogP contribution in [-0.2, 0) is 14.3 Å². The fourth-order valence-corrected chi connectivity index (χ4v) is 3.33. The summed E-state index contributed by atoms with van der Waals surface area (Å²) in [5.41, 5.74) is 0.292. The van der Waals surface area contributed by atoms with Gasteiger partial charge >= 0.3 is 6.09 Å². The topological polar surface area (TPSA) is 112 Å². The number of carbonyl (C=O) groups is 3. The Balaban J connectivity index is 3.48. The molecule has 1 aromatic carbocycles. The van der Waals surface area contributed by atoms with Gasteiger partial charge in [0, 0.05) is 5.54 Å². The van der Waals surface area contributed by atoms with Crippen molar-refractivity contribution in [3.63, 3.8) is 0 Å². The van der Waals surface area contributed by atoms with Crippen LogP contribution in [0.15, 0.2) is 24.3 Å². The average Bonchev–Trinajstić information content (AvgIpc) is 2.69. The van der Waals surface area contributed by atoms with Crippen LogP contribution in [0.3, 0.4) is 0 Å². The number of hydrogen-bond donors (Lipinski definition) is 2. The summed E-state index contributed by atoms with van der Waals surface area (Å²) in [5, 5.41) is 15.2. The lowest BCUT2D eigenvalue weighted by molar-refractivity contribution is -0.143. The first-order chi connectivity index (χ1) is 15.6. The highest BCUT2D eigenvalue weighted by molar-refractivity contribution is 5.92. The Morgan fingerprint density at radius 3 is 2.09 bits per heavy atom. The van der Waals surface area contributed by atoms with Crippen molar-refractivity contribution >= 4 is 17.9 Å². The van der Waals surface area contributed by atoms with Gasteiger partial charge in [0.25, 0.3) is 0 Å². The van der Waals surface area contributed by atoms with Gasteiger partial charge in [0.2, 0.25) is 11.8 Å². The highest BCUT2D eigenvalue weighted by Crippen LogP contribution is 2.25. The zero-order chi connectivity index (χ0) is 26.3. The predicted octanol–water partition coefficient (Wildman–Crippen LogP) is 4.24. The maximum absolute atomic E-state index is 13.8. The summed E-state index contributed by atoms with van der Waals surface area (Å²) in [6, 6.07) is 7.26. The van der Waals surface area contributed by atoms with Crippen molar-refractivity contribution in [3.8, 4) is 6.07 Å². The van der Waals surface area contributed by atoms with E-state index < -0.39 is 41.1 Å². The Morgan fingerprint density at radius 1 is 1.09 bits per heavy atom. The molecule has 3 unspecified atom stereocenters. The number of benzene rings is 1. The van der Waals surface area contributed by atoms with Crippen LogP contribution in [0, 0.1) is 24.2 Å².